The van der Waals surface area contributed by atoms with Crippen molar-refractivity contribution in [2.75, 3.05) is 22.9 Å². The number of hydrogen-bond donors (Lipinski definition) is 0. The zero-order valence-electron chi connectivity index (χ0n) is 47.3. The summed E-state index contributed by atoms with van der Waals surface area (Å²) in [4.78, 5) is 43.7. The van der Waals surface area contributed by atoms with E-state index >= 15 is 9.59 Å². The van der Waals surface area contributed by atoms with Gasteiger partial charge in [-0.15, -0.1) is 45.3 Å². The van der Waals surface area contributed by atoms with E-state index in [1.165, 1.54) is 169 Å². The first-order valence-electron chi connectivity index (χ1n) is 30.0. The molecule has 0 radical (unpaired) electrons. The zero-order chi connectivity index (χ0) is 54.3. The predicted octanol–water partition coefficient (Wildman–Crippen LogP) is 23.3. The normalized spacial score (nSPS) is 15.1. The van der Waals surface area contributed by atoms with Crippen molar-refractivity contribution in [2.45, 2.75) is 202 Å². The van der Waals surface area contributed by atoms with Crippen LogP contribution in [0.5, 0.6) is 0 Å². The minimum atomic E-state index is -0.00819. The van der Waals surface area contributed by atoms with Gasteiger partial charge in [0.25, 0.3) is 11.8 Å². The van der Waals surface area contributed by atoms with E-state index in [-0.39, 0.29) is 11.8 Å². The van der Waals surface area contributed by atoms with E-state index in [9.17, 15) is 0 Å². The molecule has 2 aromatic carbocycles. The first-order chi connectivity index (χ1) is 37.6. The van der Waals surface area contributed by atoms with Crippen LogP contribution in [0.15, 0.2) is 80.4 Å². The van der Waals surface area contributed by atoms with Gasteiger partial charge in [-0.2, -0.15) is 0 Å². The number of nitrogens with zero attached hydrogens (tertiary/aromatic N) is 2. The second kappa shape index (κ2) is 30.1. The Morgan fingerprint density at radius 2 is 0.818 bits per heavy atom. The fourth-order valence-corrected chi connectivity index (χ4v) is 17.4. The summed E-state index contributed by atoms with van der Waals surface area (Å²) in [7, 11) is 0. The number of halogens is 2. The smallest absolute Gasteiger partial charge is 0.259 e. The molecule has 10 heteroatoms. The maximum absolute atomic E-state index is 15.9. The van der Waals surface area contributed by atoms with Crippen molar-refractivity contribution >= 4 is 112 Å². The topological polar surface area (TPSA) is 40.6 Å². The van der Waals surface area contributed by atoms with Gasteiger partial charge in [-0.3, -0.25) is 9.59 Å². The number of hydrogen-bond acceptors (Lipinski definition) is 6. The minimum Gasteiger partial charge on any atom is -0.307 e. The van der Waals surface area contributed by atoms with E-state index in [0.717, 1.165) is 73.3 Å². The Morgan fingerprint density at radius 1 is 0.429 bits per heavy atom. The van der Waals surface area contributed by atoms with Crippen molar-refractivity contribution in [1.82, 2.24) is 0 Å². The molecule has 6 aromatic rings. The molecule has 2 aliphatic heterocycles. The van der Waals surface area contributed by atoms with Gasteiger partial charge in [-0.1, -0.05) is 187 Å². The molecule has 8 rings (SSSR count). The van der Waals surface area contributed by atoms with Crippen molar-refractivity contribution in [3.05, 3.63) is 103 Å². The Balaban J connectivity index is 1.23. The Morgan fingerprint density at radius 3 is 1.23 bits per heavy atom. The number of unbranched alkanes of at least 4 members (excludes halogenated alkanes) is 16. The molecule has 2 unspecified atom stereocenters. The summed E-state index contributed by atoms with van der Waals surface area (Å²) in [6.45, 7) is 15.0. The summed E-state index contributed by atoms with van der Waals surface area (Å²) in [6.07, 6.45) is 30.3. The molecule has 0 saturated heterocycles. The summed E-state index contributed by atoms with van der Waals surface area (Å²) in [5.41, 5.74) is 9.79. The summed E-state index contributed by atoms with van der Waals surface area (Å²) in [6, 6.07) is 26.8. The molecule has 414 valence electrons. The van der Waals surface area contributed by atoms with Gasteiger partial charge in [0.05, 0.1) is 30.1 Å². The first kappa shape index (κ1) is 60.0. The third-order valence-electron chi connectivity index (χ3n) is 16.3. The highest BCUT2D eigenvalue weighted by Crippen LogP contribution is 2.51. The van der Waals surface area contributed by atoms with Crippen LogP contribution < -0.4 is 9.80 Å². The van der Waals surface area contributed by atoms with Gasteiger partial charge in [0.1, 0.15) is 0 Å². The van der Waals surface area contributed by atoms with E-state index in [4.69, 9.17) is 0 Å². The molecule has 77 heavy (non-hydrogen) atoms. The van der Waals surface area contributed by atoms with Gasteiger partial charge in [-0.05, 0) is 154 Å². The van der Waals surface area contributed by atoms with E-state index in [2.05, 4.69) is 156 Å². The maximum atomic E-state index is 15.9. The van der Waals surface area contributed by atoms with Crippen LogP contribution in [-0.2, 0) is 16.0 Å². The third-order valence-corrected chi connectivity index (χ3v) is 22.4. The van der Waals surface area contributed by atoms with Gasteiger partial charge >= 0.3 is 0 Å². The monoisotopic (exact) mass is 1240 g/mol. The van der Waals surface area contributed by atoms with Crippen LogP contribution in [0, 0.1) is 18.8 Å². The average molecular weight is 1240 g/mol. The van der Waals surface area contributed by atoms with E-state index in [1.807, 2.05) is 22.7 Å². The van der Waals surface area contributed by atoms with Crippen molar-refractivity contribution in [3.8, 4) is 40.4 Å². The van der Waals surface area contributed by atoms with Gasteiger partial charge in [-0.25, -0.2) is 0 Å². The van der Waals surface area contributed by atoms with Crippen LogP contribution in [-0.4, -0.2) is 24.9 Å². The van der Waals surface area contributed by atoms with Crippen molar-refractivity contribution in [1.29, 1.82) is 0 Å². The lowest BCUT2D eigenvalue weighted by atomic mass is 9.93. The highest BCUT2D eigenvalue weighted by atomic mass is 79.9. The van der Waals surface area contributed by atoms with Crippen LogP contribution >= 0.6 is 77.2 Å². The number of rotatable bonds is 33. The second-order valence-corrected chi connectivity index (χ2v) is 29.3. The summed E-state index contributed by atoms with van der Waals surface area (Å²) in [5.74, 6) is 0.754. The molecule has 0 bridgehead atoms. The molecule has 0 spiro atoms. The molecular weight excluding hydrogens is 1150 g/mol. The number of aryl methyl sites for hydroxylation is 2. The fourth-order valence-electron chi connectivity index (χ4n) is 11.9. The molecule has 0 fully saturated rings. The molecule has 0 N–H and O–H groups in total. The molecule has 6 heterocycles. The van der Waals surface area contributed by atoms with Gasteiger partial charge < -0.3 is 9.80 Å². The molecule has 4 nitrogen and oxygen atoms in total. The average Bonchev–Trinajstić information content (AvgIpc) is 4.44. The highest BCUT2D eigenvalue weighted by molar-refractivity contribution is 9.11. The van der Waals surface area contributed by atoms with Crippen LogP contribution in [0.25, 0.3) is 51.5 Å². The number of benzene rings is 2. The molecule has 2 aliphatic rings. The van der Waals surface area contributed by atoms with Crippen LogP contribution in [0.2, 0.25) is 0 Å². The Bertz CT molecular complexity index is 2900. The zero-order valence-corrected chi connectivity index (χ0v) is 53.7. The number of carbonyl (C=O) groups is 2. The van der Waals surface area contributed by atoms with E-state index < -0.39 is 0 Å². The Kier molecular flexibility index (Phi) is 23.4. The second-order valence-electron chi connectivity index (χ2n) is 22.2. The summed E-state index contributed by atoms with van der Waals surface area (Å²) >= 11 is 14.7. The van der Waals surface area contributed by atoms with Gasteiger partial charge in [0.2, 0.25) is 0 Å². The lowest BCUT2D eigenvalue weighted by Crippen LogP contribution is -2.34. The number of thiophene rings is 4. The SMILES string of the molecule is CCCCCCCCC(CCCCCC)CN1C(=O)/C(=C2/C(=O)N(CC(CCCCCC)CCCCCCCC)c3cc(-c4cc(CC)c(-c5ccc(Br)s5)s4)ccc32)c2ccc(-c3cc(C)c(-c4ccc(Br)s4)s3)cc21. The fraction of sp³-hybridized carbons (Fsp3) is 0.522. The van der Waals surface area contributed by atoms with Crippen LogP contribution in [0.3, 0.4) is 0 Å². The lowest BCUT2D eigenvalue weighted by molar-refractivity contribution is -0.114. The maximum Gasteiger partial charge on any atom is 0.259 e. The van der Waals surface area contributed by atoms with E-state index in [1.54, 1.807) is 22.7 Å². The lowest BCUT2D eigenvalue weighted by Gasteiger charge is -2.25. The minimum absolute atomic E-state index is 0.00717. The molecule has 2 atom stereocenters. The molecule has 0 aliphatic carbocycles. The Hall–Kier alpha value is -3.12. The number of amides is 2. The largest absolute Gasteiger partial charge is 0.307 e. The Labute approximate surface area is 496 Å². The molecular formula is C67H86Br2N2O2S4. The van der Waals surface area contributed by atoms with E-state index in [0.29, 0.717) is 36.1 Å². The number of fused-ring (bicyclic) bond motifs is 2. The first-order valence-corrected chi connectivity index (χ1v) is 34.8. The summed E-state index contributed by atoms with van der Waals surface area (Å²) < 4.78 is 2.27. The van der Waals surface area contributed by atoms with Crippen molar-refractivity contribution in [3.63, 3.8) is 0 Å². The quantitative estimate of drug-likeness (QED) is 0.0304. The van der Waals surface area contributed by atoms with Crippen molar-refractivity contribution < 1.29 is 9.59 Å². The van der Waals surface area contributed by atoms with Gasteiger partial charge in [0.15, 0.2) is 0 Å². The number of carbonyl (C=O) groups excluding carboxylic acids is 2. The highest BCUT2D eigenvalue weighted by Gasteiger charge is 2.43. The van der Waals surface area contributed by atoms with Gasteiger partial charge in [0, 0.05) is 53.5 Å². The molecule has 4 aromatic heterocycles. The summed E-state index contributed by atoms with van der Waals surface area (Å²) in [5, 5.41) is 0. The standard InChI is InChI=1S/C67H86Br2N2O2S4/c1-7-12-16-20-22-26-30-47(28-24-18-14-9-3)44-70-54-41-50(58-40-46(6)64(76-58)56-36-38-60(68)74-56)32-34-52(54)62(66(70)72)63-53-35-33-51(59-43-49(11-5)65(77-59)57-37-39-61(69)75-57)42-55(53)71(67(63)73)45-48(29-25-19-15-10-4)31-27-23-21-17-13-8-2/h32-43,47-48H,7-31,44-45H2,1-6H3/b63-62+. The van der Waals surface area contributed by atoms with Crippen molar-refractivity contribution in [2.24, 2.45) is 11.8 Å². The molecule has 2 amide bonds. The van der Waals surface area contributed by atoms with Crippen LogP contribution in [0.4, 0.5) is 11.4 Å². The number of anilines is 2. The molecule has 0 saturated carbocycles. The third kappa shape index (κ3) is 15.3. The predicted molar refractivity (Wildman–Crippen MR) is 348 cm³/mol. The van der Waals surface area contributed by atoms with Crippen LogP contribution in [0.1, 0.15) is 211 Å².